The maximum atomic E-state index is 12.8. The molecule has 12 heteroatoms. The Hall–Kier alpha value is -4.90. The zero-order chi connectivity index (χ0) is 33.2. The average molecular weight is 638 g/mol. The highest BCUT2D eigenvalue weighted by atomic mass is 35.5. The molecule has 0 aliphatic rings. The Balaban J connectivity index is 1.65. The average Bonchev–Trinajstić information content (AvgIpc) is 2.92. The van der Waals surface area contributed by atoms with Crippen molar-refractivity contribution in [2.45, 2.75) is 65.8 Å². The first-order valence-corrected chi connectivity index (χ1v) is 14.3. The van der Waals surface area contributed by atoms with Gasteiger partial charge in [0.15, 0.2) is 0 Å². The summed E-state index contributed by atoms with van der Waals surface area (Å²) in [5.41, 5.74) is 0.356. The Morgan fingerprint density at radius 3 is 1.87 bits per heavy atom. The van der Waals surface area contributed by atoms with Crippen LogP contribution in [0.25, 0.3) is 0 Å². The van der Waals surface area contributed by atoms with E-state index >= 15 is 0 Å². The number of aliphatic imine (C=N–C) groups is 1. The van der Waals surface area contributed by atoms with Crippen molar-refractivity contribution in [1.29, 1.82) is 0 Å². The molecule has 3 aromatic rings. The molecule has 3 aromatic carbocycles. The maximum absolute atomic E-state index is 12.8. The Morgan fingerprint density at radius 1 is 0.756 bits per heavy atom. The van der Waals surface area contributed by atoms with Crippen LogP contribution in [0.1, 0.15) is 63.0 Å². The molecule has 0 fully saturated rings. The highest BCUT2D eigenvalue weighted by Gasteiger charge is 2.21. The van der Waals surface area contributed by atoms with Crippen molar-refractivity contribution in [3.8, 4) is 5.75 Å². The van der Waals surface area contributed by atoms with Crippen LogP contribution >= 0.6 is 11.6 Å². The van der Waals surface area contributed by atoms with Gasteiger partial charge in [0.1, 0.15) is 23.6 Å². The number of carbonyl (C=O) groups is 4. The second kappa shape index (κ2) is 15.2. The number of esters is 2. The number of amides is 2. The highest BCUT2D eigenvalue weighted by molar-refractivity contribution is 6.32. The molecule has 238 valence electrons. The zero-order valence-electron chi connectivity index (χ0n) is 25.9. The third-order valence-corrected chi connectivity index (χ3v) is 5.67. The third-order valence-electron chi connectivity index (χ3n) is 5.37. The fourth-order valence-corrected chi connectivity index (χ4v) is 3.78. The van der Waals surface area contributed by atoms with E-state index in [1.807, 2.05) is 30.3 Å². The van der Waals surface area contributed by atoms with Gasteiger partial charge in [0.2, 0.25) is 5.96 Å². The fraction of sp³-hybridized carbons (Fsp3) is 0.303. The summed E-state index contributed by atoms with van der Waals surface area (Å²) >= 11 is 6.33. The fourth-order valence-electron chi connectivity index (χ4n) is 3.54. The summed E-state index contributed by atoms with van der Waals surface area (Å²) in [5, 5.41) is 4.92. The molecule has 2 amide bonds. The van der Waals surface area contributed by atoms with Gasteiger partial charge in [-0.25, -0.2) is 19.4 Å². The van der Waals surface area contributed by atoms with E-state index in [2.05, 4.69) is 15.6 Å². The normalized spacial score (nSPS) is 11.1. The molecular weight excluding hydrogens is 602 g/mol. The number of hydrogen-bond donors (Lipinski definition) is 2. The number of benzene rings is 3. The number of nitrogens with zero attached hydrogens (tertiary/aromatic N) is 1. The minimum absolute atomic E-state index is 0.00365. The van der Waals surface area contributed by atoms with Crippen LogP contribution < -0.4 is 15.4 Å². The smallest absolute Gasteiger partial charge is 0.414 e. The third kappa shape index (κ3) is 12.7. The van der Waals surface area contributed by atoms with Gasteiger partial charge in [-0.15, -0.1) is 0 Å². The van der Waals surface area contributed by atoms with Crippen LogP contribution in [0.2, 0.25) is 5.02 Å². The van der Waals surface area contributed by atoms with Gasteiger partial charge in [0, 0.05) is 0 Å². The molecule has 0 bridgehead atoms. The first-order chi connectivity index (χ1) is 21.1. The van der Waals surface area contributed by atoms with E-state index < -0.39 is 35.3 Å². The maximum Gasteiger partial charge on any atom is 0.414 e. The lowest BCUT2D eigenvalue weighted by Crippen LogP contribution is -2.47. The standard InChI is InChI=1S/C33H36ClN3O8/c1-32(2,3)44-30(40)36-29(37-31(41)45-33(4,5)6)35-24-15-13-23(14-16-24)28(39)43-26-17-12-22(18-25(26)34)19-27(38)42-20-21-10-8-7-9-11-21/h7-18H,19-20H2,1-6H3,(H2,35,36,37,40,41). The van der Waals surface area contributed by atoms with E-state index in [0.717, 1.165) is 5.56 Å². The SMILES string of the molecule is CC(C)(C)OC(=O)NC(=Nc1ccc(C(=O)Oc2ccc(CC(=O)OCc3ccccc3)cc2Cl)cc1)NC(=O)OC(C)(C)C. The van der Waals surface area contributed by atoms with Gasteiger partial charge in [-0.2, -0.15) is 0 Å². The largest absolute Gasteiger partial charge is 0.461 e. The summed E-state index contributed by atoms with van der Waals surface area (Å²) in [6, 6.07) is 19.8. The first kappa shape index (κ1) is 34.6. The Kier molecular flexibility index (Phi) is 11.7. The minimum atomic E-state index is -0.843. The van der Waals surface area contributed by atoms with Crippen LogP contribution in [0.5, 0.6) is 5.75 Å². The first-order valence-electron chi connectivity index (χ1n) is 14.0. The van der Waals surface area contributed by atoms with Crippen molar-refractivity contribution >= 4 is 47.4 Å². The summed E-state index contributed by atoms with van der Waals surface area (Å²) in [4.78, 5) is 53.9. The van der Waals surface area contributed by atoms with Crippen molar-refractivity contribution in [1.82, 2.24) is 10.6 Å². The van der Waals surface area contributed by atoms with Gasteiger partial charge in [0.05, 0.1) is 22.7 Å². The summed E-state index contributed by atoms with van der Waals surface area (Å²) in [5.74, 6) is -1.25. The molecule has 0 spiro atoms. The topological polar surface area (TPSA) is 142 Å². The molecule has 45 heavy (non-hydrogen) atoms. The molecule has 2 N–H and O–H groups in total. The number of halogens is 1. The summed E-state index contributed by atoms with van der Waals surface area (Å²) in [6.07, 6.45) is -1.69. The van der Waals surface area contributed by atoms with Crippen LogP contribution in [0.15, 0.2) is 77.8 Å². The van der Waals surface area contributed by atoms with Crippen LogP contribution in [0, 0.1) is 0 Å². The van der Waals surface area contributed by atoms with Crippen molar-refractivity contribution in [2.24, 2.45) is 4.99 Å². The molecule has 0 aliphatic carbocycles. The Morgan fingerprint density at radius 2 is 1.33 bits per heavy atom. The molecule has 0 aromatic heterocycles. The van der Waals surface area contributed by atoms with Gasteiger partial charge < -0.3 is 18.9 Å². The molecule has 0 heterocycles. The molecule has 0 aliphatic heterocycles. The van der Waals surface area contributed by atoms with Crippen LogP contribution in [-0.4, -0.2) is 41.3 Å². The predicted molar refractivity (Wildman–Crippen MR) is 169 cm³/mol. The van der Waals surface area contributed by atoms with Gasteiger partial charge >= 0.3 is 24.1 Å². The number of alkyl carbamates (subject to hydrolysis) is 2. The molecule has 0 unspecified atom stereocenters. The van der Waals surface area contributed by atoms with E-state index in [0.29, 0.717) is 5.56 Å². The van der Waals surface area contributed by atoms with E-state index in [4.69, 9.17) is 30.5 Å². The second-order valence-corrected chi connectivity index (χ2v) is 12.1. The number of rotatable bonds is 7. The lowest BCUT2D eigenvalue weighted by atomic mass is 10.1. The molecule has 0 atom stereocenters. The molecule has 0 saturated heterocycles. The number of guanidine groups is 1. The number of ether oxygens (including phenoxy) is 4. The molecule has 11 nitrogen and oxygen atoms in total. The lowest BCUT2D eigenvalue weighted by Gasteiger charge is -2.22. The monoisotopic (exact) mass is 637 g/mol. The van der Waals surface area contributed by atoms with Crippen molar-refractivity contribution in [3.05, 3.63) is 94.5 Å². The van der Waals surface area contributed by atoms with Gasteiger partial charge in [-0.3, -0.25) is 15.4 Å². The molecule has 3 rings (SSSR count). The summed E-state index contributed by atoms with van der Waals surface area (Å²) in [6.45, 7) is 10.3. The number of nitrogens with one attached hydrogen (secondary N) is 2. The lowest BCUT2D eigenvalue weighted by molar-refractivity contribution is -0.144. The Bertz CT molecular complexity index is 1510. The molecule has 0 saturated carbocycles. The van der Waals surface area contributed by atoms with E-state index in [-0.39, 0.29) is 41.0 Å². The minimum Gasteiger partial charge on any atom is -0.461 e. The van der Waals surface area contributed by atoms with Gasteiger partial charge in [-0.05, 0) is 89.1 Å². The second-order valence-electron chi connectivity index (χ2n) is 11.7. The summed E-state index contributed by atoms with van der Waals surface area (Å²) in [7, 11) is 0. The van der Waals surface area contributed by atoms with Crippen LogP contribution in [0.4, 0.5) is 15.3 Å². The zero-order valence-corrected chi connectivity index (χ0v) is 26.7. The number of hydrogen-bond acceptors (Lipinski definition) is 9. The highest BCUT2D eigenvalue weighted by Crippen LogP contribution is 2.27. The van der Waals surface area contributed by atoms with Crippen molar-refractivity contribution in [3.63, 3.8) is 0 Å². The predicted octanol–water partition coefficient (Wildman–Crippen LogP) is 6.88. The molecular formula is C33H36ClN3O8. The van der Waals surface area contributed by atoms with Crippen molar-refractivity contribution < 1.29 is 38.1 Å². The van der Waals surface area contributed by atoms with Crippen LogP contribution in [-0.2, 0) is 32.0 Å². The quantitative estimate of drug-likeness (QED) is 0.0938. The number of carbonyl (C=O) groups excluding carboxylic acids is 4. The Labute approximate surface area is 266 Å². The van der Waals surface area contributed by atoms with E-state index in [1.165, 1.54) is 36.4 Å². The van der Waals surface area contributed by atoms with Crippen LogP contribution in [0.3, 0.4) is 0 Å². The van der Waals surface area contributed by atoms with E-state index in [1.54, 1.807) is 47.6 Å². The molecule has 0 radical (unpaired) electrons. The van der Waals surface area contributed by atoms with Gasteiger partial charge in [0.25, 0.3) is 0 Å². The van der Waals surface area contributed by atoms with E-state index in [9.17, 15) is 19.2 Å². The van der Waals surface area contributed by atoms with Crippen molar-refractivity contribution in [2.75, 3.05) is 0 Å². The van der Waals surface area contributed by atoms with Gasteiger partial charge in [-0.1, -0.05) is 48.0 Å². The summed E-state index contributed by atoms with van der Waals surface area (Å²) < 4.78 is 21.2.